The van der Waals surface area contributed by atoms with Crippen molar-refractivity contribution in [1.82, 2.24) is 0 Å². The summed E-state index contributed by atoms with van der Waals surface area (Å²) in [7, 11) is -3.30. The number of hydrogen-bond donors (Lipinski definition) is 1. The van der Waals surface area contributed by atoms with Crippen molar-refractivity contribution in [1.29, 1.82) is 0 Å². The fourth-order valence-electron chi connectivity index (χ4n) is 1.42. The van der Waals surface area contributed by atoms with Gasteiger partial charge in [0.1, 0.15) is 0 Å². The van der Waals surface area contributed by atoms with Crippen molar-refractivity contribution in [2.45, 2.75) is 46.1 Å². The molecule has 0 fully saturated rings. The molecule has 4 nitrogen and oxygen atoms in total. The van der Waals surface area contributed by atoms with Crippen LogP contribution in [0.5, 0.6) is 0 Å². The molecule has 0 amide bonds. The van der Waals surface area contributed by atoms with Crippen molar-refractivity contribution in [3.63, 3.8) is 0 Å². The fraction of sp³-hybridized carbons (Fsp3) is 1.00. The van der Waals surface area contributed by atoms with E-state index in [1.807, 2.05) is 6.92 Å². The minimum atomic E-state index is -3.30. The molecule has 0 saturated carbocycles. The molecule has 92 valence electrons. The second kappa shape index (κ2) is 7.19. The van der Waals surface area contributed by atoms with Crippen molar-refractivity contribution in [2.24, 2.45) is 11.1 Å². The van der Waals surface area contributed by atoms with Gasteiger partial charge < -0.3 is 4.74 Å². The van der Waals surface area contributed by atoms with Crippen LogP contribution in [0.25, 0.3) is 0 Å². The monoisotopic (exact) mass is 237 g/mol. The fourth-order valence-corrected chi connectivity index (χ4v) is 2.03. The maximum Gasteiger partial charge on any atom is 0.209 e. The van der Waals surface area contributed by atoms with E-state index in [4.69, 9.17) is 9.88 Å². The average Bonchev–Trinajstić information content (AvgIpc) is 1.99. The van der Waals surface area contributed by atoms with Gasteiger partial charge in [-0.2, -0.15) is 0 Å². The van der Waals surface area contributed by atoms with E-state index >= 15 is 0 Å². The quantitative estimate of drug-likeness (QED) is 0.650. The Bertz CT molecular complexity index is 249. The summed E-state index contributed by atoms with van der Waals surface area (Å²) >= 11 is 0. The zero-order valence-corrected chi connectivity index (χ0v) is 10.7. The van der Waals surface area contributed by atoms with Gasteiger partial charge in [0, 0.05) is 6.61 Å². The SMILES string of the molecule is CC(C)CC(C)OCCCCS(N)(=O)=O. The van der Waals surface area contributed by atoms with Crippen LogP contribution in [0.15, 0.2) is 0 Å². The topological polar surface area (TPSA) is 69.4 Å². The Morgan fingerprint density at radius 2 is 1.80 bits per heavy atom. The molecule has 0 aromatic carbocycles. The molecule has 0 aliphatic rings. The molecular weight excluding hydrogens is 214 g/mol. The maximum absolute atomic E-state index is 10.6. The Kier molecular flexibility index (Phi) is 7.13. The number of nitrogens with two attached hydrogens (primary N) is 1. The standard InChI is InChI=1S/C10H23NO3S/c1-9(2)8-10(3)14-6-4-5-7-15(11,12)13/h9-10H,4-8H2,1-3H3,(H2,11,12,13). The van der Waals surface area contributed by atoms with Crippen LogP contribution < -0.4 is 5.14 Å². The van der Waals surface area contributed by atoms with E-state index in [-0.39, 0.29) is 11.9 Å². The molecule has 1 atom stereocenters. The van der Waals surface area contributed by atoms with Crippen molar-refractivity contribution < 1.29 is 13.2 Å². The molecule has 1 unspecified atom stereocenters. The summed E-state index contributed by atoms with van der Waals surface area (Å²) < 4.78 is 26.8. The molecule has 0 bridgehead atoms. The Labute approximate surface area is 93.2 Å². The predicted molar refractivity (Wildman–Crippen MR) is 62.1 cm³/mol. The summed E-state index contributed by atoms with van der Waals surface area (Å²) in [4.78, 5) is 0. The normalized spacial score (nSPS) is 14.5. The highest BCUT2D eigenvalue weighted by Crippen LogP contribution is 2.08. The van der Waals surface area contributed by atoms with Gasteiger partial charge in [-0.25, -0.2) is 13.6 Å². The number of ether oxygens (including phenoxy) is 1. The summed E-state index contributed by atoms with van der Waals surface area (Å²) in [5, 5.41) is 4.87. The molecule has 5 heteroatoms. The highest BCUT2D eigenvalue weighted by Gasteiger charge is 2.05. The minimum Gasteiger partial charge on any atom is -0.378 e. The molecule has 15 heavy (non-hydrogen) atoms. The molecule has 0 aromatic rings. The van der Waals surface area contributed by atoms with Gasteiger partial charge in [0.15, 0.2) is 0 Å². The number of sulfonamides is 1. The van der Waals surface area contributed by atoms with Crippen LogP contribution in [0.2, 0.25) is 0 Å². The summed E-state index contributed by atoms with van der Waals surface area (Å²) in [6.07, 6.45) is 2.61. The molecule has 2 N–H and O–H groups in total. The third kappa shape index (κ3) is 11.8. The number of unbranched alkanes of at least 4 members (excludes halogenated alkanes) is 1. The molecule has 0 heterocycles. The van der Waals surface area contributed by atoms with Crippen molar-refractivity contribution in [3.8, 4) is 0 Å². The number of primary sulfonamides is 1. The number of rotatable bonds is 8. The van der Waals surface area contributed by atoms with Crippen molar-refractivity contribution >= 4 is 10.0 Å². The third-order valence-electron chi connectivity index (χ3n) is 2.03. The van der Waals surface area contributed by atoms with Gasteiger partial charge in [-0.05, 0) is 32.1 Å². The maximum atomic E-state index is 10.6. The number of hydrogen-bond acceptors (Lipinski definition) is 3. The third-order valence-corrected chi connectivity index (χ3v) is 2.89. The van der Waals surface area contributed by atoms with Crippen LogP contribution in [-0.4, -0.2) is 26.9 Å². The van der Waals surface area contributed by atoms with Gasteiger partial charge in [0.05, 0.1) is 11.9 Å². The van der Waals surface area contributed by atoms with Crippen LogP contribution in [0.1, 0.15) is 40.0 Å². The second-order valence-electron chi connectivity index (χ2n) is 4.39. The Morgan fingerprint density at radius 3 is 2.27 bits per heavy atom. The summed E-state index contributed by atoms with van der Waals surface area (Å²) in [6.45, 7) is 6.96. The molecule has 0 spiro atoms. The molecular formula is C10H23NO3S. The lowest BCUT2D eigenvalue weighted by Crippen LogP contribution is -2.17. The van der Waals surface area contributed by atoms with E-state index in [0.29, 0.717) is 18.9 Å². The van der Waals surface area contributed by atoms with Crippen molar-refractivity contribution in [2.75, 3.05) is 12.4 Å². The molecule has 0 radical (unpaired) electrons. The van der Waals surface area contributed by atoms with E-state index in [1.54, 1.807) is 0 Å². The van der Waals surface area contributed by atoms with Gasteiger partial charge in [0.25, 0.3) is 0 Å². The Morgan fingerprint density at radius 1 is 1.20 bits per heavy atom. The van der Waals surface area contributed by atoms with Crippen LogP contribution in [0.3, 0.4) is 0 Å². The lowest BCUT2D eigenvalue weighted by Gasteiger charge is -2.14. The van der Waals surface area contributed by atoms with E-state index < -0.39 is 10.0 Å². The minimum absolute atomic E-state index is 0.0505. The lowest BCUT2D eigenvalue weighted by atomic mass is 10.1. The largest absolute Gasteiger partial charge is 0.378 e. The Hall–Kier alpha value is -0.130. The highest BCUT2D eigenvalue weighted by atomic mass is 32.2. The van der Waals surface area contributed by atoms with E-state index in [1.165, 1.54) is 0 Å². The second-order valence-corrected chi connectivity index (χ2v) is 6.12. The Balaban J connectivity index is 3.39. The van der Waals surface area contributed by atoms with Gasteiger partial charge in [-0.3, -0.25) is 0 Å². The highest BCUT2D eigenvalue weighted by molar-refractivity contribution is 7.89. The first-order valence-electron chi connectivity index (χ1n) is 5.43. The van der Waals surface area contributed by atoms with E-state index in [2.05, 4.69) is 13.8 Å². The van der Waals surface area contributed by atoms with Gasteiger partial charge in [-0.1, -0.05) is 13.8 Å². The summed E-state index contributed by atoms with van der Waals surface area (Å²) in [5.74, 6) is 0.680. The van der Waals surface area contributed by atoms with Crippen LogP contribution in [0.4, 0.5) is 0 Å². The first kappa shape index (κ1) is 14.9. The first-order valence-corrected chi connectivity index (χ1v) is 7.15. The van der Waals surface area contributed by atoms with Gasteiger partial charge >= 0.3 is 0 Å². The lowest BCUT2D eigenvalue weighted by molar-refractivity contribution is 0.0503. The smallest absolute Gasteiger partial charge is 0.209 e. The van der Waals surface area contributed by atoms with Crippen LogP contribution in [0, 0.1) is 5.92 Å². The van der Waals surface area contributed by atoms with Gasteiger partial charge in [-0.15, -0.1) is 0 Å². The molecule has 0 aliphatic carbocycles. The van der Waals surface area contributed by atoms with Crippen molar-refractivity contribution in [3.05, 3.63) is 0 Å². The molecule has 0 saturated heterocycles. The molecule has 0 aliphatic heterocycles. The zero-order chi connectivity index (χ0) is 11.9. The van der Waals surface area contributed by atoms with E-state index in [0.717, 1.165) is 12.8 Å². The predicted octanol–water partition coefficient (Wildman–Crippen LogP) is 1.51. The van der Waals surface area contributed by atoms with E-state index in [9.17, 15) is 8.42 Å². The first-order chi connectivity index (χ1) is 6.81. The van der Waals surface area contributed by atoms with Gasteiger partial charge in [0.2, 0.25) is 10.0 Å². The molecule has 0 rings (SSSR count). The average molecular weight is 237 g/mol. The molecule has 0 aromatic heterocycles. The summed E-state index contributed by atoms with van der Waals surface area (Å²) in [5.41, 5.74) is 0. The summed E-state index contributed by atoms with van der Waals surface area (Å²) in [6, 6.07) is 0. The van der Waals surface area contributed by atoms with Crippen LogP contribution in [-0.2, 0) is 14.8 Å². The zero-order valence-electron chi connectivity index (χ0n) is 9.90. The van der Waals surface area contributed by atoms with Crippen LogP contribution >= 0.6 is 0 Å².